The van der Waals surface area contributed by atoms with Gasteiger partial charge in [0.2, 0.25) is 0 Å². The average Bonchev–Trinajstić information content (AvgIpc) is 1.85. The van der Waals surface area contributed by atoms with E-state index in [0.29, 0.717) is 0 Å². The summed E-state index contributed by atoms with van der Waals surface area (Å²) in [5.41, 5.74) is -1.09. The fraction of sp³-hybridized carbons (Fsp3) is 1.00. The van der Waals surface area contributed by atoms with Gasteiger partial charge in [-0.05, 0) is 21.0 Å². The normalized spacial score (nSPS) is 19.2. The fourth-order valence-corrected chi connectivity index (χ4v) is 1.16. The van der Waals surface area contributed by atoms with E-state index in [1.807, 2.05) is 0 Å². The second kappa shape index (κ2) is 4.77. The summed E-state index contributed by atoms with van der Waals surface area (Å²) in [6.07, 6.45) is -0.0604. The van der Waals surface area contributed by atoms with Crippen molar-refractivity contribution in [2.75, 3.05) is 20.7 Å². The maximum Gasteiger partial charge on any atom is 0.122 e. The van der Waals surface area contributed by atoms with Gasteiger partial charge in [-0.3, -0.25) is 4.90 Å². The quantitative estimate of drug-likeness (QED) is 0.490. The summed E-state index contributed by atoms with van der Waals surface area (Å²) in [6.45, 7) is 1.53. The lowest BCUT2D eigenvalue weighted by Crippen LogP contribution is -2.47. The first-order chi connectivity index (χ1) is 5.42. The second-order valence-electron chi connectivity index (χ2n) is 3.40. The molecule has 0 aromatic heterocycles. The first-order valence-corrected chi connectivity index (χ1v) is 4.11. The van der Waals surface area contributed by atoms with Gasteiger partial charge in [0.25, 0.3) is 0 Å². The van der Waals surface area contributed by atoms with Crippen LogP contribution in [0.1, 0.15) is 19.8 Å². The van der Waals surface area contributed by atoms with Crippen LogP contribution in [0.4, 0.5) is 0 Å². The summed E-state index contributed by atoms with van der Waals surface area (Å²) in [5, 5.41) is 27.7. The van der Waals surface area contributed by atoms with Crippen LogP contribution in [0.2, 0.25) is 0 Å². The maximum atomic E-state index is 9.86. The molecule has 0 bridgehead atoms. The minimum atomic E-state index is -1.09. The Morgan fingerprint density at radius 3 is 2.17 bits per heavy atom. The van der Waals surface area contributed by atoms with Gasteiger partial charge in [-0.15, -0.1) is 0 Å². The minimum absolute atomic E-state index is 0.0819. The third-order valence-corrected chi connectivity index (χ3v) is 1.97. The summed E-state index contributed by atoms with van der Waals surface area (Å²) in [4.78, 5) is 1.61. The van der Waals surface area contributed by atoms with Crippen molar-refractivity contribution in [3.63, 3.8) is 0 Å². The highest BCUT2D eigenvalue weighted by molar-refractivity contribution is 4.77. The zero-order valence-electron chi connectivity index (χ0n) is 7.99. The van der Waals surface area contributed by atoms with Gasteiger partial charge in [0.1, 0.15) is 5.72 Å². The van der Waals surface area contributed by atoms with E-state index in [9.17, 15) is 5.11 Å². The van der Waals surface area contributed by atoms with Gasteiger partial charge in [0.15, 0.2) is 0 Å². The molecule has 2 unspecified atom stereocenters. The van der Waals surface area contributed by atoms with Gasteiger partial charge in [-0.1, -0.05) is 0 Å². The predicted octanol–water partition coefficient (Wildman–Crippen LogP) is -0.610. The van der Waals surface area contributed by atoms with Gasteiger partial charge in [-0.25, -0.2) is 0 Å². The third-order valence-electron chi connectivity index (χ3n) is 1.97. The Morgan fingerprint density at radius 1 is 1.42 bits per heavy atom. The monoisotopic (exact) mass is 177 g/mol. The van der Waals surface area contributed by atoms with E-state index in [-0.39, 0.29) is 19.4 Å². The molecule has 0 radical (unpaired) electrons. The molecule has 0 spiro atoms. The summed E-state index contributed by atoms with van der Waals surface area (Å²) in [7, 11) is 3.44. The Labute approximate surface area is 73.4 Å². The van der Waals surface area contributed by atoms with Gasteiger partial charge in [0, 0.05) is 19.4 Å². The minimum Gasteiger partial charge on any atom is -0.396 e. The number of aliphatic hydroxyl groups is 3. The van der Waals surface area contributed by atoms with E-state index in [1.54, 1.807) is 25.9 Å². The van der Waals surface area contributed by atoms with Crippen LogP contribution in [0.5, 0.6) is 0 Å². The number of hydrogen-bond donors (Lipinski definition) is 3. The highest BCUT2D eigenvalue weighted by Gasteiger charge is 2.30. The van der Waals surface area contributed by atoms with E-state index >= 15 is 0 Å². The van der Waals surface area contributed by atoms with Crippen LogP contribution >= 0.6 is 0 Å². The molecule has 0 saturated carbocycles. The maximum absolute atomic E-state index is 9.86. The molecule has 0 fully saturated rings. The Kier molecular flexibility index (Phi) is 4.70. The largest absolute Gasteiger partial charge is 0.396 e. The lowest BCUT2D eigenvalue weighted by molar-refractivity contribution is -0.120. The molecule has 2 atom stereocenters. The van der Waals surface area contributed by atoms with Crippen LogP contribution in [-0.2, 0) is 0 Å². The van der Waals surface area contributed by atoms with Crippen molar-refractivity contribution in [1.82, 2.24) is 4.90 Å². The van der Waals surface area contributed by atoms with E-state index in [4.69, 9.17) is 10.2 Å². The second-order valence-corrected chi connectivity index (χ2v) is 3.40. The van der Waals surface area contributed by atoms with Crippen LogP contribution < -0.4 is 0 Å². The summed E-state index contributed by atoms with van der Waals surface area (Å²) in [6, 6.07) is 0. The third kappa shape index (κ3) is 3.49. The van der Waals surface area contributed by atoms with E-state index in [2.05, 4.69) is 0 Å². The van der Waals surface area contributed by atoms with Crippen molar-refractivity contribution in [2.45, 2.75) is 31.6 Å². The molecule has 3 N–H and O–H groups in total. The van der Waals surface area contributed by atoms with Crippen molar-refractivity contribution in [3.8, 4) is 0 Å². The smallest absolute Gasteiger partial charge is 0.122 e. The van der Waals surface area contributed by atoms with Crippen LogP contribution in [0.3, 0.4) is 0 Å². The van der Waals surface area contributed by atoms with Crippen LogP contribution in [0.25, 0.3) is 0 Å². The number of hydrogen-bond acceptors (Lipinski definition) is 4. The molecule has 74 valence electrons. The Hall–Kier alpha value is -0.160. The first kappa shape index (κ1) is 11.8. The van der Waals surface area contributed by atoms with Gasteiger partial charge >= 0.3 is 0 Å². The van der Waals surface area contributed by atoms with Crippen LogP contribution in [-0.4, -0.2) is 52.8 Å². The molecule has 4 nitrogen and oxygen atoms in total. The Balaban J connectivity index is 4.18. The molecule has 0 aromatic rings. The Bertz CT molecular complexity index is 127. The molecule has 0 rings (SSSR count). The topological polar surface area (TPSA) is 63.9 Å². The SMILES string of the molecule is CC(O)CC(O)(CCO)N(C)C. The van der Waals surface area contributed by atoms with E-state index < -0.39 is 11.8 Å². The van der Waals surface area contributed by atoms with Gasteiger partial charge in [0.05, 0.1) is 6.10 Å². The summed E-state index contributed by atoms with van der Waals surface area (Å²) in [5.74, 6) is 0. The average molecular weight is 177 g/mol. The van der Waals surface area contributed by atoms with Crippen molar-refractivity contribution in [3.05, 3.63) is 0 Å². The van der Waals surface area contributed by atoms with Crippen LogP contribution in [0, 0.1) is 0 Å². The molecule has 0 aliphatic rings. The van der Waals surface area contributed by atoms with Gasteiger partial charge in [-0.2, -0.15) is 0 Å². The molecule has 0 aliphatic heterocycles. The van der Waals surface area contributed by atoms with Crippen molar-refractivity contribution in [2.24, 2.45) is 0 Å². The first-order valence-electron chi connectivity index (χ1n) is 4.11. The lowest BCUT2D eigenvalue weighted by atomic mass is 10.0. The lowest BCUT2D eigenvalue weighted by Gasteiger charge is -2.35. The zero-order chi connectivity index (χ0) is 9.78. The molecule has 12 heavy (non-hydrogen) atoms. The molecular weight excluding hydrogens is 158 g/mol. The van der Waals surface area contributed by atoms with E-state index in [1.165, 1.54) is 0 Å². The van der Waals surface area contributed by atoms with Crippen molar-refractivity contribution >= 4 is 0 Å². The van der Waals surface area contributed by atoms with Crippen molar-refractivity contribution < 1.29 is 15.3 Å². The fourth-order valence-electron chi connectivity index (χ4n) is 1.16. The van der Waals surface area contributed by atoms with Crippen LogP contribution in [0.15, 0.2) is 0 Å². The highest BCUT2D eigenvalue weighted by Crippen LogP contribution is 2.19. The number of aliphatic hydroxyl groups excluding tert-OH is 2. The molecular formula is C8H19NO3. The van der Waals surface area contributed by atoms with Crippen molar-refractivity contribution in [1.29, 1.82) is 0 Å². The van der Waals surface area contributed by atoms with E-state index in [0.717, 1.165) is 0 Å². The summed E-state index contributed by atoms with van der Waals surface area (Å²) < 4.78 is 0. The number of nitrogens with zero attached hydrogens (tertiary/aromatic N) is 1. The molecule has 0 aliphatic carbocycles. The predicted molar refractivity (Wildman–Crippen MR) is 46.6 cm³/mol. The molecule has 0 aromatic carbocycles. The van der Waals surface area contributed by atoms with Gasteiger partial charge < -0.3 is 15.3 Å². The molecule has 0 heterocycles. The summed E-state index contributed by atoms with van der Waals surface area (Å²) >= 11 is 0. The molecule has 4 heteroatoms. The number of rotatable bonds is 5. The molecule has 0 amide bonds. The standard InChI is InChI=1S/C8H19NO3/c1-7(11)6-8(12,4-5-10)9(2)3/h7,10-12H,4-6H2,1-3H3. The highest BCUT2D eigenvalue weighted by atomic mass is 16.3. The Morgan fingerprint density at radius 2 is 1.92 bits per heavy atom. The molecule has 0 saturated heterocycles. The zero-order valence-corrected chi connectivity index (χ0v) is 7.99.